The van der Waals surface area contributed by atoms with Crippen molar-refractivity contribution < 1.29 is 23.9 Å². The van der Waals surface area contributed by atoms with Crippen LogP contribution in [0.1, 0.15) is 29.5 Å². The molecule has 2 N–H and O–H groups in total. The minimum Gasteiger partial charge on any atom is -0.493 e. The molecule has 2 aromatic carbocycles. The maximum absolute atomic E-state index is 13.5. The second kappa shape index (κ2) is 11.0. The summed E-state index contributed by atoms with van der Waals surface area (Å²) in [5.41, 5.74) is 3.68. The van der Waals surface area contributed by atoms with E-state index in [4.69, 9.17) is 9.47 Å². The molecule has 2 fully saturated rings. The molecular formula is C27H34N4O5. The quantitative estimate of drug-likeness (QED) is 0.585. The number of aryl methyl sites for hydroxylation is 2. The summed E-state index contributed by atoms with van der Waals surface area (Å²) in [6.45, 7) is 4.70. The van der Waals surface area contributed by atoms with Gasteiger partial charge >= 0.3 is 6.03 Å². The number of carbonyl (C=O) groups is 3. The summed E-state index contributed by atoms with van der Waals surface area (Å²) < 4.78 is 10.7. The number of ether oxygens (including phenoxy) is 2. The van der Waals surface area contributed by atoms with Crippen molar-refractivity contribution in [2.75, 3.05) is 39.2 Å². The van der Waals surface area contributed by atoms with E-state index in [2.05, 4.69) is 10.6 Å². The van der Waals surface area contributed by atoms with Crippen molar-refractivity contribution >= 4 is 23.5 Å². The Labute approximate surface area is 211 Å². The lowest BCUT2D eigenvalue weighted by Crippen LogP contribution is -2.68. The molecule has 0 saturated carbocycles. The van der Waals surface area contributed by atoms with Crippen molar-refractivity contribution in [3.05, 3.63) is 53.1 Å². The Kier molecular flexibility index (Phi) is 7.79. The highest BCUT2D eigenvalue weighted by molar-refractivity contribution is 6.01. The average Bonchev–Trinajstić information content (AvgIpc) is 2.88. The molecule has 2 heterocycles. The summed E-state index contributed by atoms with van der Waals surface area (Å²) >= 11 is 0. The van der Waals surface area contributed by atoms with Crippen LogP contribution >= 0.6 is 0 Å². The first-order valence-corrected chi connectivity index (χ1v) is 12.3. The number of urea groups is 1. The molecule has 36 heavy (non-hydrogen) atoms. The van der Waals surface area contributed by atoms with Gasteiger partial charge in [-0.3, -0.25) is 24.7 Å². The number of piperidine rings is 1. The summed E-state index contributed by atoms with van der Waals surface area (Å²) in [7, 11) is 3.14. The molecule has 2 aliphatic rings. The summed E-state index contributed by atoms with van der Waals surface area (Å²) in [6.07, 6.45) is 1.49. The number of carbonyl (C=O) groups excluding carboxylic acids is 3. The van der Waals surface area contributed by atoms with E-state index in [1.54, 1.807) is 20.3 Å². The van der Waals surface area contributed by atoms with Crippen molar-refractivity contribution in [3.63, 3.8) is 0 Å². The molecule has 0 spiro atoms. The number of rotatable bonds is 8. The van der Waals surface area contributed by atoms with E-state index in [0.29, 0.717) is 36.6 Å². The van der Waals surface area contributed by atoms with E-state index in [1.165, 1.54) is 9.80 Å². The minimum absolute atomic E-state index is 0.138. The molecule has 192 valence electrons. The van der Waals surface area contributed by atoms with Gasteiger partial charge in [0.05, 0.1) is 26.3 Å². The zero-order valence-electron chi connectivity index (χ0n) is 21.3. The minimum atomic E-state index is -0.485. The van der Waals surface area contributed by atoms with Gasteiger partial charge in [0.1, 0.15) is 6.54 Å². The fraction of sp³-hybridized carbons (Fsp3) is 0.444. The first-order chi connectivity index (χ1) is 17.3. The maximum Gasteiger partial charge on any atom is 0.328 e. The van der Waals surface area contributed by atoms with Gasteiger partial charge in [-0.15, -0.1) is 0 Å². The Morgan fingerprint density at radius 1 is 1.08 bits per heavy atom. The van der Waals surface area contributed by atoms with Crippen LogP contribution in [-0.4, -0.2) is 67.7 Å². The molecule has 9 nitrogen and oxygen atoms in total. The Morgan fingerprint density at radius 3 is 2.58 bits per heavy atom. The van der Waals surface area contributed by atoms with E-state index in [-0.39, 0.29) is 30.8 Å². The van der Waals surface area contributed by atoms with Gasteiger partial charge in [0.15, 0.2) is 11.5 Å². The van der Waals surface area contributed by atoms with Gasteiger partial charge in [-0.05, 0) is 69.0 Å². The average molecular weight is 495 g/mol. The third kappa shape index (κ3) is 5.31. The lowest BCUT2D eigenvalue weighted by molar-refractivity contribution is -0.142. The van der Waals surface area contributed by atoms with E-state index in [0.717, 1.165) is 23.1 Å². The molecule has 2 aliphatic heterocycles. The van der Waals surface area contributed by atoms with Crippen LogP contribution in [-0.2, 0) is 16.0 Å². The van der Waals surface area contributed by atoms with Gasteiger partial charge in [-0.25, -0.2) is 4.79 Å². The fourth-order valence-electron chi connectivity index (χ4n) is 4.97. The predicted octanol–water partition coefficient (Wildman–Crippen LogP) is 3.09. The summed E-state index contributed by atoms with van der Waals surface area (Å²) in [6, 6.07) is 10.9. The smallest absolute Gasteiger partial charge is 0.328 e. The monoisotopic (exact) mass is 494 g/mol. The number of benzene rings is 2. The van der Waals surface area contributed by atoms with Crippen LogP contribution in [0.4, 0.5) is 10.5 Å². The number of methoxy groups -OCH3 is 2. The predicted molar refractivity (Wildman–Crippen MR) is 136 cm³/mol. The summed E-state index contributed by atoms with van der Waals surface area (Å²) in [4.78, 5) is 42.6. The molecule has 4 amide bonds. The first kappa shape index (κ1) is 25.5. The zero-order valence-corrected chi connectivity index (χ0v) is 21.3. The summed E-state index contributed by atoms with van der Waals surface area (Å²) in [5.74, 6) is 0.339. The number of fused-ring (bicyclic) bond motifs is 1. The van der Waals surface area contributed by atoms with E-state index in [1.807, 2.05) is 44.2 Å². The molecule has 4 rings (SSSR count). The molecule has 0 radical (unpaired) electrons. The van der Waals surface area contributed by atoms with Crippen LogP contribution in [0.15, 0.2) is 36.4 Å². The van der Waals surface area contributed by atoms with E-state index < -0.39 is 12.2 Å². The van der Waals surface area contributed by atoms with Gasteiger partial charge in [0.2, 0.25) is 11.8 Å². The number of amides is 4. The highest BCUT2D eigenvalue weighted by Crippen LogP contribution is 2.30. The molecule has 0 aromatic heterocycles. The SMILES string of the molecule is COc1ccc(CCN2C(=O)C3CCCNC3N(CC(=O)Nc3ccc(C)cc3C)C2=O)cc1OC. The first-order valence-electron chi connectivity index (χ1n) is 12.3. The lowest BCUT2D eigenvalue weighted by atomic mass is 9.91. The van der Waals surface area contributed by atoms with Crippen LogP contribution in [0.5, 0.6) is 11.5 Å². The number of nitrogens with zero attached hydrogens (tertiary/aromatic N) is 2. The molecule has 2 unspecified atom stereocenters. The fourth-order valence-corrected chi connectivity index (χ4v) is 4.97. The lowest BCUT2D eigenvalue weighted by Gasteiger charge is -2.46. The maximum atomic E-state index is 13.5. The molecule has 2 saturated heterocycles. The Bertz CT molecular complexity index is 1150. The summed E-state index contributed by atoms with van der Waals surface area (Å²) in [5, 5.41) is 6.21. The molecule has 2 atom stereocenters. The highest BCUT2D eigenvalue weighted by Gasteiger charge is 2.47. The van der Waals surface area contributed by atoms with Crippen LogP contribution < -0.4 is 20.1 Å². The van der Waals surface area contributed by atoms with Gasteiger partial charge in [0.25, 0.3) is 0 Å². The zero-order chi connectivity index (χ0) is 25.8. The number of anilines is 1. The van der Waals surface area contributed by atoms with Gasteiger partial charge in [0, 0.05) is 12.2 Å². The van der Waals surface area contributed by atoms with Crippen LogP contribution in [0, 0.1) is 19.8 Å². The Hall–Kier alpha value is -3.59. The van der Waals surface area contributed by atoms with Crippen LogP contribution in [0.3, 0.4) is 0 Å². The third-order valence-corrected chi connectivity index (χ3v) is 6.86. The standard InChI is InChI=1S/C27H34N4O5/c1-17-7-9-21(18(2)14-17)29-24(32)16-31-25-20(6-5-12-28-25)26(33)30(27(31)34)13-11-19-8-10-22(35-3)23(15-19)36-4/h7-10,14-15,20,25,28H,5-6,11-13,16H2,1-4H3,(H,29,32). The van der Waals surface area contributed by atoms with Gasteiger partial charge < -0.3 is 14.8 Å². The van der Waals surface area contributed by atoms with Crippen LogP contribution in [0.25, 0.3) is 0 Å². The van der Waals surface area contributed by atoms with Crippen molar-refractivity contribution in [1.82, 2.24) is 15.1 Å². The largest absolute Gasteiger partial charge is 0.493 e. The normalized spacial score (nSPS) is 19.7. The molecule has 0 aliphatic carbocycles. The third-order valence-electron chi connectivity index (χ3n) is 6.86. The second-order valence-corrected chi connectivity index (χ2v) is 9.35. The molecule has 0 bridgehead atoms. The number of hydrogen-bond acceptors (Lipinski definition) is 6. The number of imide groups is 1. The van der Waals surface area contributed by atoms with Crippen LogP contribution in [0.2, 0.25) is 0 Å². The number of nitrogens with one attached hydrogen (secondary N) is 2. The Balaban J connectivity index is 1.50. The molecular weight excluding hydrogens is 460 g/mol. The van der Waals surface area contributed by atoms with E-state index in [9.17, 15) is 14.4 Å². The topological polar surface area (TPSA) is 100 Å². The second-order valence-electron chi connectivity index (χ2n) is 9.35. The van der Waals surface area contributed by atoms with Crippen molar-refractivity contribution in [1.29, 1.82) is 0 Å². The van der Waals surface area contributed by atoms with Crippen molar-refractivity contribution in [2.24, 2.45) is 5.92 Å². The number of hydrogen-bond donors (Lipinski definition) is 2. The van der Waals surface area contributed by atoms with Gasteiger partial charge in [-0.2, -0.15) is 0 Å². The Morgan fingerprint density at radius 2 is 1.86 bits per heavy atom. The molecule has 9 heteroatoms. The highest BCUT2D eigenvalue weighted by atomic mass is 16.5. The molecule has 2 aromatic rings. The van der Waals surface area contributed by atoms with Crippen molar-refractivity contribution in [2.45, 2.75) is 39.3 Å². The van der Waals surface area contributed by atoms with Gasteiger partial charge in [-0.1, -0.05) is 23.8 Å². The van der Waals surface area contributed by atoms with E-state index >= 15 is 0 Å². The van der Waals surface area contributed by atoms with Crippen molar-refractivity contribution in [3.8, 4) is 11.5 Å².